The maximum absolute atomic E-state index is 12.8. The van der Waals surface area contributed by atoms with Crippen LogP contribution in [0.3, 0.4) is 0 Å². The lowest BCUT2D eigenvalue weighted by Crippen LogP contribution is -2.32. The molecule has 0 aliphatic rings. The fraction of sp³-hybridized carbons (Fsp3) is 0.0417. The first-order valence-corrected chi connectivity index (χ1v) is 10.4. The number of carbonyl (C=O) groups is 2. The van der Waals surface area contributed by atoms with Gasteiger partial charge in [-0.2, -0.15) is 5.10 Å². The van der Waals surface area contributed by atoms with Gasteiger partial charge >= 0.3 is 0 Å². The predicted octanol–water partition coefficient (Wildman–Crippen LogP) is 4.22. The Morgan fingerprint density at radius 2 is 1.68 bits per heavy atom. The van der Waals surface area contributed by atoms with Gasteiger partial charge in [-0.15, -0.1) is 0 Å². The number of halogens is 1. The minimum Gasteiger partial charge on any atom is -0.497 e. The predicted molar refractivity (Wildman–Crippen MR) is 130 cm³/mol. The lowest BCUT2D eigenvalue weighted by atomic mass is 10.1. The fourth-order valence-electron chi connectivity index (χ4n) is 2.62. The molecule has 3 aromatic carbocycles. The van der Waals surface area contributed by atoms with Crippen molar-refractivity contribution in [2.75, 3.05) is 7.11 Å². The fourth-order valence-corrected chi connectivity index (χ4v) is 3.19. The quantitative estimate of drug-likeness (QED) is 0.210. The van der Waals surface area contributed by atoms with Crippen LogP contribution in [0.1, 0.15) is 21.5 Å². The second-order valence-corrected chi connectivity index (χ2v) is 7.65. The summed E-state index contributed by atoms with van der Waals surface area (Å²) in [5.74, 6) is -0.238. The van der Waals surface area contributed by atoms with E-state index in [1.807, 2.05) is 30.3 Å². The standard InChI is InChI=1S/C24H20IN3O3/c1-31-21-12-10-17(11-13-21)15-22(27-23(29)19-7-3-2-4-8-19)24(30)28-26-16-18-6-5-9-20(25)14-18/h2-16H,1H3,(H,27,29)(H,28,30)/b22-15-,26-16+. The molecule has 0 aromatic heterocycles. The number of hydrogen-bond donors (Lipinski definition) is 2. The van der Waals surface area contributed by atoms with E-state index in [9.17, 15) is 9.59 Å². The van der Waals surface area contributed by atoms with Gasteiger partial charge in [-0.05, 0) is 76.2 Å². The van der Waals surface area contributed by atoms with Crippen molar-refractivity contribution in [2.24, 2.45) is 5.10 Å². The van der Waals surface area contributed by atoms with Crippen LogP contribution in [0.5, 0.6) is 5.75 Å². The number of ether oxygens (including phenoxy) is 1. The van der Waals surface area contributed by atoms with E-state index in [0.717, 1.165) is 14.7 Å². The molecule has 2 N–H and O–H groups in total. The number of hydrogen-bond acceptors (Lipinski definition) is 4. The highest BCUT2D eigenvalue weighted by Crippen LogP contribution is 2.14. The Morgan fingerprint density at radius 3 is 2.35 bits per heavy atom. The summed E-state index contributed by atoms with van der Waals surface area (Å²) in [6.07, 6.45) is 3.13. The second-order valence-electron chi connectivity index (χ2n) is 6.41. The summed E-state index contributed by atoms with van der Waals surface area (Å²) in [5.41, 5.74) is 4.55. The Balaban J connectivity index is 1.80. The monoisotopic (exact) mass is 525 g/mol. The van der Waals surface area contributed by atoms with Gasteiger partial charge < -0.3 is 10.1 Å². The average Bonchev–Trinajstić information content (AvgIpc) is 2.79. The van der Waals surface area contributed by atoms with Gasteiger partial charge in [-0.1, -0.05) is 42.5 Å². The topological polar surface area (TPSA) is 79.8 Å². The van der Waals surface area contributed by atoms with Crippen molar-refractivity contribution in [3.8, 4) is 5.75 Å². The SMILES string of the molecule is COc1ccc(/C=C(\NC(=O)c2ccccc2)C(=O)N/N=C/c2cccc(I)c2)cc1. The molecule has 0 heterocycles. The van der Waals surface area contributed by atoms with Crippen LogP contribution in [-0.4, -0.2) is 25.1 Å². The minimum atomic E-state index is -0.540. The third kappa shape index (κ3) is 6.78. The highest BCUT2D eigenvalue weighted by Gasteiger charge is 2.14. The van der Waals surface area contributed by atoms with Gasteiger partial charge in [0.2, 0.25) is 0 Å². The van der Waals surface area contributed by atoms with E-state index >= 15 is 0 Å². The summed E-state index contributed by atoms with van der Waals surface area (Å²) >= 11 is 2.20. The summed E-state index contributed by atoms with van der Waals surface area (Å²) in [5, 5.41) is 6.68. The number of carbonyl (C=O) groups excluding carboxylic acids is 2. The van der Waals surface area contributed by atoms with E-state index < -0.39 is 11.8 Å². The number of methoxy groups -OCH3 is 1. The number of rotatable bonds is 7. The lowest BCUT2D eigenvalue weighted by Gasteiger charge is -2.09. The first kappa shape index (κ1) is 22.2. The first-order valence-electron chi connectivity index (χ1n) is 9.36. The Bertz CT molecular complexity index is 1110. The van der Waals surface area contributed by atoms with Gasteiger partial charge in [-0.25, -0.2) is 5.43 Å². The van der Waals surface area contributed by atoms with Crippen LogP contribution in [0.15, 0.2) is 89.7 Å². The van der Waals surface area contributed by atoms with Gasteiger partial charge in [0.15, 0.2) is 0 Å². The van der Waals surface area contributed by atoms with Crippen molar-refractivity contribution in [1.82, 2.24) is 10.7 Å². The second kappa shape index (κ2) is 11.1. The third-order valence-corrected chi connectivity index (χ3v) is 4.85. The van der Waals surface area contributed by atoms with Crippen molar-refractivity contribution in [1.29, 1.82) is 0 Å². The van der Waals surface area contributed by atoms with E-state index in [4.69, 9.17) is 4.74 Å². The van der Waals surface area contributed by atoms with Gasteiger partial charge in [-0.3, -0.25) is 9.59 Å². The van der Waals surface area contributed by atoms with Crippen molar-refractivity contribution in [2.45, 2.75) is 0 Å². The molecule has 3 rings (SSSR count). The molecular weight excluding hydrogens is 505 g/mol. The van der Waals surface area contributed by atoms with Crippen molar-refractivity contribution >= 4 is 46.7 Å². The van der Waals surface area contributed by atoms with Crippen molar-refractivity contribution in [3.63, 3.8) is 0 Å². The summed E-state index contributed by atoms with van der Waals surface area (Å²) in [6.45, 7) is 0. The zero-order valence-electron chi connectivity index (χ0n) is 16.7. The van der Waals surface area contributed by atoms with Crippen molar-refractivity contribution in [3.05, 3.63) is 105 Å². The van der Waals surface area contributed by atoms with Gasteiger partial charge in [0, 0.05) is 9.13 Å². The van der Waals surface area contributed by atoms with E-state index in [-0.39, 0.29) is 5.70 Å². The molecule has 0 radical (unpaired) electrons. The average molecular weight is 525 g/mol. The molecule has 2 amide bonds. The zero-order valence-corrected chi connectivity index (χ0v) is 18.9. The molecule has 0 fully saturated rings. The van der Waals surface area contributed by atoms with E-state index in [2.05, 4.69) is 38.4 Å². The molecule has 0 atom stereocenters. The maximum atomic E-state index is 12.8. The van der Waals surface area contributed by atoms with Gasteiger partial charge in [0.1, 0.15) is 11.4 Å². The Kier molecular flexibility index (Phi) is 7.94. The molecule has 0 saturated heterocycles. The molecule has 0 aliphatic carbocycles. The molecule has 0 saturated carbocycles. The molecule has 31 heavy (non-hydrogen) atoms. The maximum Gasteiger partial charge on any atom is 0.287 e. The normalized spacial score (nSPS) is 11.2. The summed E-state index contributed by atoms with van der Waals surface area (Å²) in [6, 6.07) is 23.5. The molecule has 0 spiro atoms. The number of hydrazone groups is 1. The third-order valence-electron chi connectivity index (χ3n) is 4.18. The molecule has 6 nitrogen and oxygen atoms in total. The minimum absolute atomic E-state index is 0.0683. The molecular formula is C24H20IN3O3. The first-order chi connectivity index (χ1) is 15.0. The van der Waals surface area contributed by atoms with E-state index in [1.165, 1.54) is 0 Å². The highest BCUT2D eigenvalue weighted by atomic mass is 127. The summed E-state index contributed by atoms with van der Waals surface area (Å²) < 4.78 is 6.22. The van der Waals surface area contributed by atoms with Crippen LogP contribution < -0.4 is 15.5 Å². The van der Waals surface area contributed by atoms with Crippen LogP contribution in [0.25, 0.3) is 6.08 Å². The Labute approximate surface area is 194 Å². The van der Waals surface area contributed by atoms with Gasteiger partial charge in [0.25, 0.3) is 11.8 Å². The largest absolute Gasteiger partial charge is 0.497 e. The molecule has 0 unspecified atom stereocenters. The zero-order chi connectivity index (χ0) is 22.1. The number of amides is 2. The number of nitrogens with zero attached hydrogens (tertiary/aromatic N) is 1. The van der Waals surface area contributed by atoms with Crippen LogP contribution in [0.4, 0.5) is 0 Å². The summed E-state index contributed by atoms with van der Waals surface area (Å²) in [7, 11) is 1.58. The molecule has 7 heteroatoms. The Hall–Kier alpha value is -3.46. The number of nitrogens with one attached hydrogen (secondary N) is 2. The van der Waals surface area contributed by atoms with E-state index in [0.29, 0.717) is 11.3 Å². The lowest BCUT2D eigenvalue weighted by molar-refractivity contribution is -0.117. The summed E-state index contributed by atoms with van der Waals surface area (Å²) in [4.78, 5) is 25.4. The molecule has 156 valence electrons. The number of benzene rings is 3. The smallest absolute Gasteiger partial charge is 0.287 e. The molecule has 0 bridgehead atoms. The molecule has 3 aromatic rings. The highest BCUT2D eigenvalue weighted by molar-refractivity contribution is 14.1. The molecule has 0 aliphatic heterocycles. The Morgan fingerprint density at radius 1 is 0.935 bits per heavy atom. The van der Waals surface area contributed by atoms with E-state index in [1.54, 1.807) is 67.9 Å². The van der Waals surface area contributed by atoms with Crippen LogP contribution >= 0.6 is 22.6 Å². The van der Waals surface area contributed by atoms with Crippen LogP contribution in [0.2, 0.25) is 0 Å². The van der Waals surface area contributed by atoms with Crippen molar-refractivity contribution < 1.29 is 14.3 Å². The van der Waals surface area contributed by atoms with Crippen LogP contribution in [-0.2, 0) is 4.79 Å². The van der Waals surface area contributed by atoms with Gasteiger partial charge in [0.05, 0.1) is 13.3 Å². The van der Waals surface area contributed by atoms with Crippen LogP contribution in [0, 0.1) is 3.57 Å².